The Hall–Kier alpha value is -3.59. The second-order valence-corrected chi connectivity index (χ2v) is 10.2. The molecular formula is C26H28FN3O4S. The predicted octanol–water partition coefficient (Wildman–Crippen LogP) is 3.69. The zero-order valence-corrected chi connectivity index (χ0v) is 20.5. The molecule has 0 N–H and O–H groups in total. The van der Waals surface area contributed by atoms with Crippen molar-refractivity contribution in [3.8, 4) is 5.75 Å². The second-order valence-electron chi connectivity index (χ2n) is 8.32. The van der Waals surface area contributed by atoms with E-state index in [2.05, 4.69) is 4.90 Å². The summed E-state index contributed by atoms with van der Waals surface area (Å²) in [7, 11) is -2.56. The lowest BCUT2D eigenvalue weighted by molar-refractivity contribution is -0.129. The average Bonchev–Trinajstić information content (AvgIpc) is 2.88. The van der Waals surface area contributed by atoms with Crippen molar-refractivity contribution >= 4 is 27.3 Å². The van der Waals surface area contributed by atoms with E-state index in [0.717, 1.165) is 21.3 Å². The first-order valence-electron chi connectivity index (χ1n) is 11.3. The molecule has 1 saturated heterocycles. The zero-order chi connectivity index (χ0) is 25.0. The fraction of sp³-hybridized carbons (Fsp3) is 0.269. The largest absolute Gasteiger partial charge is 0.495 e. The van der Waals surface area contributed by atoms with Crippen molar-refractivity contribution in [2.75, 3.05) is 49.0 Å². The van der Waals surface area contributed by atoms with Crippen LogP contribution < -0.4 is 13.9 Å². The van der Waals surface area contributed by atoms with Crippen molar-refractivity contribution in [2.24, 2.45) is 0 Å². The van der Waals surface area contributed by atoms with Crippen LogP contribution in [0.2, 0.25) is 0 Å². The minimum Gasteiger partial charge on any atom is -0.495 e. The van der Waals surface area contributed by atoms with Crippen molar-refractivity contribution in [1.29, 1.82) is 0 Å². The molecule has 3 aromatic rings. The quantitative estimate of drug-likeness (QED) is 0.498. The molecule has 0 bridgehead atoms. The van der Waals surface area contributed by atoms with Crippen molar-refractivity contribution in [2.45, 2.75) is 11.8 Å². The zero-order valence-electron chi connectivity index (χ0n) is 19.7. The van der Waals surface area contributed by atoms with Gasteiger partial charge in [0, 0.05) is 26.2 Å². The molecule has 1 aliphatic rings. The number of para-hydroxylation sites is 3. The first-order chi connectivity index (χ1) is 16.8. The number of sulfonamides is 1. The van der Waals surface area contributed by atoms with E-state index < -0.39 is 22.4 Å². The van der Waals surface area contributed by atoms with Gasteiger partial charge in [0.1, 0.15) is 18.1 Å². The molecule has 0 unspecified atom stereocenters. The third kappa shape index (κ3) is 5.24. The van der Waals surface area contributed by atoms with E-state index in [1.807, 2.05) is 31.2 Å². The molecule has 1 heterocycles. The van der Waals surface area contributed by atoms with Gasteiger partial charge in [-0.25, -0.2) is 12.8 Å². The number of carbonyl (C=O) groups is 1. The maximum atomic E-state index is 14.7. The summed E-state index contributed by atoms with van der Waals surface area (Å²) in [6.07, 6.45) is 0. The number of ether oxygens (including phenoxy) is 1. The second kappa shape index (κ2) is 10.4. The molecule has 1 aliphatic heterocycles. The standard InChI is InChI=1S/C26H28FN3O4S/c1-20-11-13-21(14-12-20)35(32,33)30(23-8-4-3-7-22(23)27)19-26(31)29-17-15-28(16-18-29)24-9-5-6-10-25(24)34-2/h3-14H,15-19H2,1-2H3. The number of hydrogen-bond donors (Lipinski definition) is 0. The molecule has 1 amide bonds. The number of anilines is 2. The van der Waals surface area contributed by atoms with Crippen LogP contribution in [0, 0.1) is 12.7 Å². The Morgan fingerprint density at radius 3 is 2.23 bits per heavy atom. The molecule has 0 aromatic heterocycles. The molecule has 0 atom stereocenters. The summed E-state index contributed by atoms with van der Waals surface area (Å²) >= 11 is 0. The normalized spacial score (nSPS) is 14.0. The summed E-state index contributed by atoms with van der Waals surface area (Å²) in [4.78, 5) is 17.0. The van der Waals surface area contributed by atoms with Gasteiger partial charge in [-0.3, -0.25) is 9.10 Å². The highest BCUT2D eigenvalue weighted by molar-refractivity contribution is 7.92. The number of aryl methyl sites for hydroxylation is 1. The number of halogens is 1. The highest BCUT2D eigenvalue weighted by Gasteiger charge is 2.32. The molecule has 1 fully saturated rings. The van der Waals surface area contributed by atoms with Gasteiger partial charge >= 0.3 is 0 Å². The molecule has 4 rings (SSSR count). The lowest BCUT2D eigenvalue weighted by Crippen LogP contribution is -2.52. The van der Waals surface area contributed by atoms with E-state index in [9.17, 15) is 17.6 Å². The SMILES string of the molecule is COc1ccccc1N1CCN(C(=O)CN(c2ccccc2F)S(=O)(=O)c2ccc(C)cc2)CC1. The van der Waals surface area contributed by atoms with E-state index >= 15 is 0 Å². The lowest BCUT2D eigenvalue weighted by Gasteiger charge is -2.37. The van der Waals surface area contributed by atoms with Crippen LogP contribution in [-0.4, -0.2) is 59.1 Å². The molecule has 7 nitrogen and oxygen atoms in total. The number of carbonyl (C=O) groups excluding carboxylic acids is 1. The molecule has 3 aromatic carbocycles. The summed E-state index contributed by atoms with van der Waals surface area (Å²) in [5.41, 5.74) is 1.68. The summed E-state index contributed by atoms with van der Waals surface area (Å²) in [5.74, 6) is -0.345. The fourth-order valence-electron chi connectivity index (χ4n) is 4.10. The molecule has 0 spiro atoms. The van der Waals surface area contributed by atoms with Gasteiger partial charge in [-0.2, -0.15) is 0 Å². The van der Waals surface area contributed by atoms with Gasteiger partial charge < -0.3 is 14.5 Å². The van der Waals surface area contributed by atoms with Gasteiger partial charge in [-0.15, -0.1) is 0 Å². The smallest absolute Gasteiger partial charge is 0.264 e. The van der Waals surface area contributed by atoms with Crippen molar-refractivity contribution < 1.29 is 22.3 Å². The minimum atomic E-state index is -4.17. The topological polar surface area (TPSA) is 70.2 Å². The number of piperazine rings is 1. The number of methoxy groups -OCH3 is 1. The predicted molar refractivity (Wildman–Crippen MR) is 134 cm³/mol. The van der Waals surface area contributed by atoms with Crippen molar-refractivity contribution in [3.63, 3.8) is 0 Å². The number of benzene rings is 3. The molecule has 0 radical (unpaired) electrons. The summed E-state index contributed by atoms with van der Waals surface area (Å²) < 4.78 is 48.0. The van der Waals surface area contributed by atoms with Gasteiger partial charge in [0.15, 0.2) is 0 Å². The number of hydrogen-bond acceptors (Lipinski definition) is 5. The van der Waals surface area contributed by atoms with Crippen molar-refractivity contribution in [3.05, 3.63) is 84.2 Å². The fourth-order valence-corrected chi connectivity index (χ4v) is 5.52. The van der Waals surface area contributed by atoms with Crippen LogP contribution in [0.25, 0.3) is 0 Å². The molecule has 35 heavy (non-hydrogen) atoms. The number of nitrogens with zero attached hydrogens (tertiary/aromatic N) is 3. The third-order valence-corrected chi connectivity index (χ3v) is 7.84. The first kappa shape index (κ1) is 24.5. The van der Waals surface area contributed by atoms with Gasteiger partial charge in [0.2, 0.25) is 5.91 Å². The van der Waals surface area contributed by atoms with Crippen LogP contribution in [-0.2, 0) is 14.8 Å². The molecule has 9 heteroatoms. The van der Waals surface area contributed by atoms with E-state index in [0.29, 0.717) is 26.2 Å². The maximum absolute atomic E-state index is 14.7. The lowest BCUT2D eigenvalue weighted by atomic mass is 10.2. The van der Waals surface area contributed by atoms with Gasteiger partial charge in [-0.05, 0) is 43.3 Å². The van der Waals surface area contributed by atoms with Crippen LogP contribution in [0.5, 0.6) is 5.75 Å². The summed E-state index contributed by atoms with van der Waals surface area (Å²) in [6, 6.07) is 19.5. The Balaban J connectivity index is 1.54. The molecular weight excluding hydrogens is 469 g/mol. The van der Waals surface area contributed by atoms with Crippen molar-refractivity contribution in [1.82, 2.24) is 4.90 Å². The third-order valence-electron chi connectivity index (χ3n) is 6.07. The van der Waals surface area contributed by atoms with Gasteiger partial charge in [-0.1, -0.05) is 42.0 Å². The van der Waals surface area contributed by atoms with Crippen LogP contribution >= 0.6 is 0 Å². The average molecular weight is 498 g/mol. The summed E-state index contributed by atoms with van der Waals surface area (Å²) in [6.45, 7) is 3.30. The number of rotatable bonds is 7. The first-order valence-corrected chi connectivity index (χ1v) is 12.7. The van der Waals surface area contributed by atoms with Crippen LogP contribution in [0.1, 0.15) is 5.56 Å². The van der Waals surface area contributed by atoms with E-state index in [4.69, 9.17) is 4.74 Å². The molecule has 0 saturated carbocycles. The van der Waals surface area contributed by atoms with E-state index in [1.54, 1.807) is 30.2 Å². The maximum Gasteiger partial charge on any atom is 0.264 e. The van der Waals surface area contributed by atoms with Crippen LogP contribution in [0.15, 0.2) is 77.7 Å². The summed E-state index contributed by atoms with van der Waals surface area (Å²) in [5, 5.41) is 0. The highest BCUT2D eigenvalue weighted by Crippen LogP contribution is 2.29. The Morgan fingerprint density at radius 2 is 1.57 bits per heavy atom. The minimum absolute atomic E-state index is 0.000134. The molecule has 0 aliphatic carbocycles. The molecule has 184 valence electrons. The van der Waals surface area contributed by atoms with E-state index in [1.165, 1.54) is 30.3 Å². The number of amides is 1. The Morgan fingerprint density at radius 1 is 0.943 bits per heavy atom. The van der Waals surface area contributed by atoms with E-state index in [-0.39, 0.29) is 16.5 Å². The highest BCUT2D eigenvalue weighted by atomic mass is 32.2. The van der Waals surface area contributed by atoms with Crippen LogP contribution in [0.4, 0.5) is 15.8 Å². The Kier molecular flexibility index (Phi) is 7.25. The van der Waals surface area contributed by atoms with Gasteiger partial charge in [0.25, 0.3) is 10.0 Å². The van der Waals surface area contributed by atoms with Crippen LogP contribution in [0.3, 0.4) is 0 Å². The van der Waals surface area contributed by atoms with Gasteiger partial charge in [0.05, 0.1) is 23.4 Å². The Labute approximate surface area is 205 Å². The Bertz CT molecular complexity index is 1290. The monoisotopic (exact) mass is 497 g/mol.